The molecular weight excluding hydrogens is 180 g/mol. The summed E-state index contributed by atoms with van der Waals surface area (Å²) in [6, 6.07) is 0. The van der Waals surface area contributed by atoms with E-state index in [9.17, 15) is 4.79 Å². The van der Waals surface area contributed by atoms with Crippen LogP contribution < -0.4 is 0 Å². The lowest BCUT2D eigenvalue weighted by atomic mass is 10.0. The van der Waals surface area contributed by atoms with Crippen LogP contribution in [0.4, 0.5) is 0 Å². The predicted octanol–water partition coefficient (Wildman–Crippen LogP) is 3.52. The highest BCUT2D eigenvalue weighted by molar-refractivity contribution is 8.00. The number of carbonyl (C=O) groups is 1. The van der Waals surface area contributed by atoms with E-state index in [1.807, 2.05) is 39.5 Å². The highest BCUT2D eigenvalue weighted by Gasteiger charge is 2.23. The SMILES string of the molecule is CC.CC(C)C(=O)C1CCCCS1. The Morgan fingerprint density at radius 3 is 2.31 bits per heavy atom. The average Bonchev–Trinajstić information content (AvgIpc) is 2.21. The quantitative estimate of drug-likeness (QED) is 0.681. The second kappa shape index (κ2) is 7.43. The van der Waals surface area contributed by atoms with E-state index < -0.39 is 0 Å². The van der Waals surface area contributed by atoms with Gasteiger partial charge in [-0.3, -0.25) is 4.79 Å². The molecule has 13 heavy (non-hydrogen) atoms. The maximum Gasteiger partial charge on any atom is 0.148 e. The van der Waals surface area contributed by atoms with Crippen molar-refractivity contribution in [1.29, 1.82) is 0 Å². The van der Waals surface area contributed by atoms with Gasteiger partial charge in [0.1, 0.15) is 5.78 Å². The molecule has 1 saturated heterocycles. The molecule has 1 atom stereocenters. The van der Waals surface area contributed by atoms with Crippen molar-refractivity contribution in [2.75, 3.05) is 5.75 Å². The topological polar surface area (TPSA) is 17.1 Å². The molecular formula is C11H22OS. The van der Waals surface area contributed by atoms with Crippen molar-refractivity contribution in [2.45, 2.75) is 52.2 Å². The third-order valence-electron chi connectivity index (χ3n) is 2.07. The van der Waals surface area contributed by atoms with Crippen LogP contribution >= 0.6 is 11.8 Å². The smallest absolute Gasteiger partial charge is 0.148 e. The summed E-state index contributed by atoms with van der Waals surface area (Å²) in [5.41, 5.74) is 0. The molecule has 0 spiro atoms. The standard InChI is InChI=1S/C9H16OS.C2H6/c1-7(2)9(10)8-5-3-4-6-11-8;1-2/h7-8H,3-6H2,1-2H3;1-2H3. The normalized spacial score (nSPS) is 22.1. The molecule has 2 heteroatoms. The summed E-state index contributed by atoms with van der Waals surface area (Å²) in [4.78, 5) is 11.5. The summed E-state index contributed by atoms with van der Waals surface area (Å²) < 4.78 is 0. The van der Waals surface area contributed by atoms with Crippen LogP contribution in [-0.2, 0) is 4.79 Å². The van der Waals surface area contributed by atoms with Crippen LogP contribution in [0.5, 0.6) is 0 Å². The van der Waals surface area contributed by atoms with E-state index in [1.165, 1.54) is 18.6 Å². The van der Waals surface area contributed by atoms with Crippen LogP contribution in [0.15, 0.2) is 0 Å². The fourth-order valence-electron chi connectivity index (χ4n) is 1.34. The number of carbonyl (C=O) groups excluding carboxylic acids is 1. The molecule has 1 unspecified atom stereocenters. The van der Waals surface area contributed by atoms with Crippen molar-refractivity contribution < 1.29 is 4.79 Å². The predicted molar refractivity (Wildman–Crippen MR) is 61.3 cm³/mol. The summed E-state index contributed by atoms with van der Waals surface area (Å²) in [6.07, 6.45) is 3.66. The molecule has 1 aliphatic rings. The molecule has 0 aliphatic carbocycles. The molecule has 1 heterocycles. The Morgan fingerprint density at radius 1 is 1.31 bits per heavy atom. The van der Waals surface area contributed by atoms with Crippen LogP contribution in [0, 0.1) is 5.92 Å². The second-order valence-corrected chi connectivity index (χ2v) is 4.72. The Morgan fingerprint density at radius 2 is 1.92 bits per heavy atom. The van der Waals surface area contributed by atoms with Gasteiger partial charge in [-0.15, -0.1) is 0 Å². The largest absolute Gasteiger partial charge is 0.298 e. The molecule has 0 aromatic heterocycles. The zero-order valence-corrected chi connectivity index (χ0v) is 10.1. The molecule has 0 amide bonds. The van der Waals surface area contributed by atoms with Gasteiger partial charge in [-0.25, -0.2) is 0 Å². The van der Waals surface area contributed by atoms with Gasteiger partial charge in [0.25, 0.3) is 0 Å². The summed E-state index contributed by atoms with van der Waals surface area (Å²) in [6.45, 7) is 8.00. The minimum absolute atomic E-state index is 0.227. The number of hydrogen-bond donors (Lipinski definition) is 0. The highest BCUT2D eigenvalue weighted by atomic mass is 32.2. The third-order valence-corrected chi connectivity index (χ3v) is 3.46. The molecule has 0 aromatic rings. The molecule has 1 nitrogen and oxygen atoms in total. The van der Waals surface area contributed by atoms with Crippen molar-refractivity contribution in [2.24, 2.45) is 5.92 Å². The van der Waals surface area contributed by atoms with Gasteiger partial charge in [-0.2, -0.15) is 11.8 Å². The van der Waals surface area contributed by atoms with Crippen LogP contribution in [0.25, 0.3) is 0 Å². The van der Waals surface area contributed by atoms with Crippen LogP contribution in [0.3, 0.4) is 0 Å². The van der Waals surface area contributed by atoms with Gasteiger partial charge in [-0.05, 0) is 18.6 Å². The monoisotopic (exact) mass is 202 g/mol. The van der Waals surface area contributed by atoms with Crippen LogP contribution in [0.1, 0.15) is 47.0 Å². The van der Waals surface area contributed by atoms with E-state index >= 15 is 0 Å². The van der Waals surface area contributed by atoms with Crippen LogP contribution in [0.2, 0.25) is 0 Å². The fraction of sp³-hybridized carbons (Fsp3) is 0.909. The minimum Gasteiger partial charge on any atom is -0.298 e. The molecule has 0 N–H and O–H groups in total. The van der Waals surface area contributed by atoms with E-state index in [0.717, 1.165) is 6.42 Å². The molecule has 0 radical (unpaired) electrons. The molecule has 0 aromatic carbocycles. The number of hydrogen-bond acceptors (Lipinski definition) is 2. The number of rotatable bonds is 2. The lowest BCUT2D eigenvalue weighted by Gasteiger charge is -2.21. The van der Waals surface area contributed by atoms with Gasteiger partial charge < -0.3 is 0 Å². The first kappa shape index (κ1) is 13.0. The Kier molecular flexibility index (Phi) is 7.44. The van der Waals surface area contributed by atoms with Crippen LogP contribution in [-0.4, -0.2) is 16.8 Å². The van der Waals surface area contributed by atoms with E-state index in [2.05, 4.69) is 0 Å². The zero-order chi connectivity index (χ0) is 10.3. The van der Waals surface area contributed by atoms with Gasteiger partial charge in [0.2, 0.25) is 0 Å². The summed E-state index contributed by atoms with van der Waals surface area (Å²) in [5.74, 6) is 1.86. The maximum atomic E-state index is 11.5. The first-order valence-corrected chi connectivity index (χ1v) is 6.42. The lowest BCUT2D eigenvalue weighted by Crippen LogP contribution is -2.24. The Bertz CT molecular complexity index is 137. The van der Waals surface area contributed by atoms with Crippen molar-refractivity contribution >= 4 is 17.5 Å². The first-order valence-electron chi connectivity index (χ1n) is 5.37. The molecule has 1 rings (SSSR count). The molecule has 78 valence electrons. The van der Waals surface area contributed by atoms with Gasteiger partial charge in [0.15, 0.2) is 0 Å². The summed E-state index contributed by atoms with van der Waals surface area (Å²) in [7, 11) is 0. The Labute approximate surface area is 86.7 Å². The van der Waals surface area contributed by atoms with Crippen molar-refractivity contribution in [3.63, 3.8) is 0 Å². The first-order chi connectivity index (χ1) is 6.22. The van der Waals surface area contributed by atoms with E-state index in [0.29, 0.717) is 11.0 Å². The lowest BCUT2D eigenvalue weighted by molar-refractivity contribution is -0.121. The molecule has 0 saturated carbocycles. The average molecular weight is 202 g/mol. The van der Waals surface area contributed by atoms with E-state index in [-0.39, 0.29) is 5.92 Å². The Balaban J connectivity index is 0.000000671. The van der Waals surface area contributed by atoms with E-state index in [1.54, 1.807) is 0 Å². The zero-order valence-electron chi connectivity index (χ0n) is 9.30. The van der Waals surface area contributed by atoms with Crippen molar-refractivity contribution in [3.8, 4) is 0 Å². The van der Waals surface area contributed by atoms with Gasteiger partial charge in [-0.1, -0.05) is 34.1 Å². The number of Topliss-reactive ketones (excluding diaryl/α,β-unsaturated/α-hetero) is 1. The van der Waals surface area contributed by atoms with Crippen molar-refractivity contribution in [1.82, 2.24) is 0 Å². The summed E-state index contributed by atoms with van der Waals surface area (Å²) >= 11 is 1.85. The minimum atomic E-state index is 0.227. The third kappa shape index (κ3) is 4.70. The summed E-state index contributed by atoms with van der Waals surface area (Å²) in [5, 5.41) is 0.323. The maximum absolute atomic E-state index is 11.5. The number of thioether (sulfide) groups is 1. The van der Waals surface area contributed by atoms with Crippen molar-refractivity contribution in [3.05, 3.63) is 0 Å². The Hall–Kier alpha value is 0.0200. The second-order valence-electron chi connectivity index (χ2n) is 3.41. The highest BCUT2D eigenvalue weighted by Crippen LogP contribution is 2.27. The fourth-order valence-corrected chi connectivity index (χ4v) is 2.76. The molecule has 1 fully saturated rings. The van der Waals surface area contributed by atoms with Gasteiger partial charge in [0.05, 0.1) is 5.25 Å². The number of ketones is 1. The van der Waals surface area contributed by atoms with E-state index in [4.69, 9.17) is 0 Å². The molecule has 1 aliphatic heterocycles. The van der Waals surface area contributed by atoms with Gasteiger partial charge in [0, 0.05) is 5.92 Å². The van der Waals surface area contributed by atoms with Gasteiger partial charge >= 0.3 is 0 Å². The molecule has 0 bridgehead atoms.